The lowest BCUT2D eigenvalue weighted by atomic mass is 10.1. The molecule has 4 nitrogen and oxygen atoms in total. The second-order valence-electron chi connectivity index (χ2n) is 3.78. The molecule has 0 bridgehead atoms. The maximum absolute atomic E-state index is 10.2. The highest BCUT2D eigenvalue weighted by Crippen LogP contribution is 2.04. The molecule has 0 saturated carbocycles. The first-order valence-corrected chi connectivity index (χ1v) is 6.01. The average molecular weight is 228 g/mol. The van der Waals surface area contributed by atoms with Gasteiger partial charge in [-0.05, 0) is 19.4 Å². The third-order valence-electron chi connectivity index (χ3n) is 2.28. The van der Waals surface area contributed by atoms with Gasteiger partial charge < -0.3 is 15.8 Å². The summed E-state index contributed by atoms with van der Waals surface area (Å²) in [4.78, 5) is 10.2. The normalized spacial score (nSPS) is 10.0. The van der Waals surface area contributed by atoms with Gasteiger partial charge in [0.05, 0.1) is 6.61 Å². The standard InChI is InChI=1S/C12H24N2O2/c1-2-9-14-10-7-5-3-4-6-8-11-16-12(13)15/h2,14H,1,3-11H2,(H2,13,15). The van der Waals surface area contributed by atoms with Crippen molar-refractivity contribution >= 4 is 6.09 Å². The average Bonchev–Trinajstić information content (AvgIpc) is 2.25. The molecule has 0 rings (SSSR count). The van der Waals surface area contributed by atoms with Crippen LogP contribution in [0.25, 0.3) is 0 Å². The molecule has 0 aromatic heterocycles. The molecular formula is C12H24N2O2. The molecule has 0 saturated heterocycles. The van der Waals surface area contributed by atoms with Crippen LogP contribution in [0.1, 0.15) is 38.5 Å². The van der Waals surface area contributed by atoms with Crippen molar-refractivity contribution in [1.29, 1.82) is 0 Å². The summed E-state index contributed by atoms with van der Waals surface area (Å²) in [7, 11) is 0. The second kappa shape index (κ2) is 12.0. The van der Waals surface area contributed by atoms with E-state index < -0.39 is 6.09 Å². The third kappa shape index (κ3) is 13.0. The van der Waals surface area contributed by atoms with Crippen LogP contribution in [0.4, 0.5) is 4.79 Å². The van der Waals surface area contributed by atoms with Crippen molar-refractivity contribution in [2.75, 3.05) is 19.7 Å². The highest BCUT2D eigenvalue weighted by Gasteiger charge is 1.94. The van der Waals surface area contributed by atoms with Crippen LogP contribution < -0.4 is 11.1 Å². The van der Waals surface area contributed by atoms with Gasteiger partial charge in [0.15, 0.2) is 0 Å². The summed E-state index contributed by atoms with van der Waals surface area (Å²) < 4.78 is 4.63. The number of rotatable bonds is 11. The molecule has 4 heteroatoms. The number of hydrogen-bond donors (Lipinski definition) is 2. The topological polar surface area (TPSA) is 64.3 Å². The predicted octanol–water partition coefficient (Wildman–Crippen LogP) is 2.20. The third-order valence-corrected chi connectivity index (χ3v) is 2.28. The van der Waals surface area contributed by atoms with Gasteiger partial charge in [0.1, 0.15) is 0 Å². The summed E-state index contributed by atoms with van der Waals surface area (Å²) in [6, 6.07) is 0. The molecule has 0 heterocycles. The van der Waals surface area contributed by atoms with Crippen LogP contribution in [0.3, 0.4) is 0 Å². The number of nitrogens with two attached hydrogens (primary N) is 1. The summed E-state index contributed by atoms with van der Waals surface area (Å²) in [5.74, 6) is 0. The minimum atomic E-state index is -0.673. The number of ether oxygens (including phenoxy) is 1. The van der Waals surface area contributed by atoms with E-state index in [1.807, 2.05) is 6.08 Å². The molecule has 0 aliphatic rings. The number of unbranched alkanes of at least 4 members (excludes halogenated alkanes) is 5. The largest absolute Gasteiger partial charge is 0.450 e. The van der Waals surface area contributed by atoms with Gasteiger partial charge >= 0.3 is 6.09 Å². The number of nitrogens with one attached hydrogen (secondary N) is 1. The Morgan fingerprint density at radius 2 is 1.81 bits per heavy atom. The molecule has 1 amide bonds. The van der Waals surface area contributed by atoms with E-state index in [9.17, 15) is 4.79 Å². The van der Waals surface area contributed by atoms with Crippen molar-refractivity contribution in [2.24, 2.45) is 5.73 Å². The van der Waals surface area contributed by atoms with E-state index >= 15 is 0 Å². The van der Waals surface area contributed by atoms with E-state index in [2.05, 4.69) is 16.6 Å². The summed E-state index contributed by atoms with van der Waals surface area (Å²) in [5, 5.41) is 3.27. The van der Waals surface area contributed by atoms with Crippen molar-refractivity contribution in [3.8, 4) is 0 Å². The molecule has 0 radical (unpaired) electrons. The highest BCUT2D eigenvalue weighted by atomic mass is 16.5. The Balaban J connectivity index is 2.93. The van der Waals surface area contributed by atoms with Crippen molar-refractivity contribution in [3.05, 3.63) is 12.7 Å². The lowest BCUT2D eigenvalue weighted by Gasteiger charge is -2.03. The molecule has 0 aliphatic carbocycles. The molecule has 0 aromatic rings. The minimum absolute atomic E-state index is 0.455. The maximum Gasteiger partial charge on any atom is 0.404 e. The second-order valence-corrected chi connectivity index (χ2v) is 3.78. The molecule has 16 heavy (non-hydrogen) atoms. The Morgan fingerprint density at radius 3 is 2.44 bits per heavy atom. The molecular weight excluding hydrogens is 204 g/mol. The number of carbonyl (C=O) groups excluding carboxylic acids is 1. The Hall–Kier alpha value is -1.03. The van der Waals surface area contributed by atoms with Gasteiger partial charge in [-0.15, -0.1) is 6.58 Å². The van der Waals surface area contributed by atoms with E-state index in [1.165, 1.54) is 25.7 Å². The monoisotopic (exact) mass is 228 g/mol. The molecule has 0 aromatic carbocycles. The lowest BCUT2D eigenvalue weighted by Crippen LogP contribution is -2.14. The minimum Gasteiger partial charge on any atom is -0.450 e. The number of primary amides is 1. The fraction of sp³-hybridized carbons (Fsp3) is 0.750. The number of carbonyl (C=O) groups is 1. The van der Waals surface area contributed by atoms with Crippen LogP contribution in [0, 0.1) is 0 Å². The van der Waals surface area contributed by atoms with Gasteiger partial charge in [-0.1, -0.05) is 31.8 Å². The van der Waals surface area contributed by atoms with E-state index in [-0.39, 0.29) is 0 Å². The quantitative estimate of drug-likeness (QED) is 0.421. The molecule has 0 atom stereocenters. The van der Waals surface area contributed by atoms with Gasteiger partial charge in [-0.3, -0.25) is 0 Å². The first-order valence-electron chi connectivity index (χ1n) is 6.01. The van der Waals surface area contributed by atoms with Crippen LogP contribution in [0.2, 0.25) is 0 Å². The number of hydrogen-bond acceptors (Lipinski definition) is 3. The Labute approximate surface area is 98.2 Å². The van der Waals surface area contributed by atoms with E-state index in [0.29, 0.717) is 6.61 Å². The van der Waals surface area contributed by atoms with Gasteiger partial charge in [0, 0.05) is 6.54 Å². The van der Waals surface area contributed by atoms with E-state index in [1.54, 1.807) is 0 Å². The zero-order valence-electron chi connectivity index (χ0n) is 10.0. The Morgan fingerprint density at radius 1 is 1.19 bits per heavy atom. The van der Waals surface area contributed by atoms with Crippen LogP contribution in [0.5, 0.6) is 0 Å². The highest BCUT2D eigenvalue weighted by molar-refractivity contribution is 5.64. The molecule has 3 N–H and O–H groups in total. The Bertz CT molecular complexity index is 184. The van der Waals surface area contributed by atoms with Crippen molar-refractivity contribution < 1.29 is 9.53 Å². The first kappa shape index (κ1) is 15.0. The Kier molecular flexibility index (Phi) is 11.3. The molecule has 94 valence electrons. The summed E-state index contributed by atoms with van der Waals surface area (Å²) >= 11 is 0. The lowest BCUT2D eigenvalue weighted by molar-refractivity contribution is 0.154. The summed E-state index contributed by atoms with van der Waals surface area (Å²) in [6.07, 6.45) is 8.12. The maximum atomic E-state index is 10.2. The molecule has 0 fully saturated rings. The van der Waals surface area contributed by atoms with Gasteiger partial charge in [0.2, 0.25) is 0 Å². The van der Waals surface area contributed by atoms with Crippen LogP contribution in [0.15, 0.2) is 12.7 Å². The van der Waals surface area contributed by atoms with E-state index in [4.69, 9.17) is 5.73 Å². The van der Waals surface area contributed by atoms with Crippen LogP contribution in [-0.4, -0.2) is 25.8 Å². The van der Waals surface area contributed by atoms with Crippen LogP contribution in [-0.2, 0) is 4.74 Å². The van der Waals surface area contributed by atoms with Gasteiger partial charge in [0.25, 0.3) is 0 Å². The fourth-order valence-electron chi connectivity index (χ4n) is 1.44. The smallest absolute Gasteiger partial charge is 0.404 e. The SMILES string of the molecule is C=CCNCCCCCCCCOC(N)=O. The van der Waals surface area contributed by atoms with Crippen LogP contribution >= 0.6 is 0 Å². The predicted molar refractivity (Wildman–Crippen MR) is 66.3 cm³/mol. The summed E-state index contributed by atoms with van der Waals surface area (Å²) in [5.41, 5.74) is 4.84. The zero-order chi connectivity index (χ0) is 12.1. The van der Waals surface area contributed by atoms with E-state index in [0.717, 1.165) is 25.9 Å². The van der Waals surface area contributed by atoms with Crippen molar-refractivity contribution in [1.82, 2.24) is 5.32 Å². The fourth-order valence-corrected chi connectivity index (χ4v) is 1.44. The van der Waals surface area contributed by atoms with Crippen molar-refractivity contribution in [3.63, 3.8) is 0 Å². The first-order chi connectivity index (χ1) is 7.77. The number of amides is 1. The van der Waals surface area contributed by atoms with Gasteiger partial charge in [-0.2, -0.15) is 0 Å². The molecule has 0 spiro atoms. The summed E-state index contributed by atoms with van der Waals surface area (Å²) in [6.45, 7) is 6.06. The molecule has 0 unspecified atom stereocenters. The zero-order valence-corrected chi connectivity index (χ0v) is 10.0. The van der Waals surface area contributed by atoms with Crippen molar-refractivity contribution in [2.45, 2.75) is 38.5 Å². The molecule has 0 aliphatic heterocycles. The van der Waals surface area contributed by atoms with Gasteiger partial charge in [-0.25, -0.2) is 4.79 Å².